The lowest BCUT2D eigenvalue weighted by Gasteiger charge is -2.21. The molecular formula is C24H29N3O6. The number of anilines is 1. The SMILES string of the molecule is COc1cc(CNC(=O)c2cc([N+](=O)[O-])ccc2N2CCCC2)ccc1OCC1CCCO1. The number of hydrogen-bond acceptors (Lipinski definition) is 7. The van der Waals surface area contributed by atoms with Crippen molar-refractivity contribution in [2.24, 2.45) is 0 Å². The van der Waals surface area contributed by atoms with E-state index in [4.69, 9.17) is 14.2 Å². The molecule has 2 fully saturated rings. The monoisotopic (exact) mass is 455 g/mol. The van der Waals surface area contributed by atoms with Crippen LogP contribution < -0.4 is 19.7 Å². The molecular weight excluding hydrogens is 426 g/mol. The molecule has 2 heterocycles. The van der Waals surface area contributed by atoms with E-state index in [0.29, 0.717) is 23.7 Å². The van der Waals surface area contributed by atoms with Crippen molar-refractivity contribution in [3.8, 4) is 11.5 Å². The van der Waals surface area contributed by atoms with Crippen LogP contribution in [0.25, 0.3) is 0 Å². The van der Waals surface area contributed by atoms with Crippen LogP contribution in [-0.2, 0) is 11.3 Å². The normalized spacial score (nSPS) is 17.7. The second kappa shape index (κ2) is 10.5. The van der Waals surface area contributed by atoms with Crippen LogP contribution in [0.3, 0.4) is 0 Å². The highest BCUT2D eigenvalue weighted by atomic mass is 16.6. The Balaban J connectivity index is 1.44. The molecule has 0 saturated carbocycles. The van der Waals surface area contributed by atoms with Gasteiger partial charge in [-0.25, -0.2) is 0 Å². The van der Waals surface area contributed by atoms with Gasteiger partial charge >= 0.3 is 0 Å². The van der Waals surface area contributed by atoms with E-state index in [0.717, 1.165) is 56.6 Å². The van der Waals surface area contributed by atoms with Crippen molar-refractivity contribution in [1.29, 1.82) is 0 Å². The molecule has 0 aromatic heterocycles. The van der Waals surface area contributed by atoms with Crippen LogP contribution in [0.15, 0.2) is 36.4 Å². The van der Waals surface area contributed by atoms with Gasteiger partial charge in [0.15, 0.2) is 11.5 Å². The first-order valence-corrected chi connectivity index (χ1v) is 11.3. The summed E-state index contributed by atoms with van der Waals surface area (Å²) in [7, 11) is 1.57. The van der Waals surface area contributed by atoms with Gasteiger partial charge in [0.1, 0.15) is 6.61 Å². The number of methoxy groups -OCH3 is 1. The van der Waals surface area contributed by atoms with E-state index >= 15 is 0 Å². The van der Waals surface area contributed by atoms with Crippen LogP contribution in [0.4, 0.5) is 11.4 Å². The second-order valence-corrected chi connectivity index (χ2v) is 8.27. The summed E-state index contributed by atoms with van der Waals surface area (Å²) in [5.41, 5.74) is 1.77. The lowest BCUT2D eigenvalue weighted by molar-refractivity contribution is -0.384. The summed E-state index contributed by atoms with van der Waals surface area (Å²) in [6.07, 6.45) is 4.23. The Morgan fingerprint density at radius 1 is 1.18 bits per heavy atom. The highest BCUT2D eigenvalue weighted by molar-refractivity contribution is 6.00. The zero-order valence-corrected chi connectivity index (χ0v) is 18.7. The van der Waals surface area contributed by atoms with E-state index in [1.807, 2.05) is 18.2 Å². The molecule has 9 heteroatoms. The average Bonchev–Trinajstić information content (AvgIpc) is 3.55. The van der Waals surface area contributed by atoms with E-state index in [2.05, 4.69) is 10.2 Å². The van der Waals surface area contributed by atoms with Gasteiger partial charge in [-0.3, -0.25) is 14.9 Å². The molecule has 2 aliphatic rings. The van der Waals surface area contributed by atoms with Gasteiger partial charge < -0.3 is 24.4 Å². The molecule has 0 aliphatic carbocycles. The quantitative estimate of drug-likeness (QED) is 0.454. The molecule has 2 aliphatic heterocycles. The van der Waals surface area contributed by atoms with Crippen molar-refractivity contribution in [3.63, 3.8) is 0 Å². The van der Waals surface area contributed by atoms with E-state index < -0.39 is 4.92 Å². The molecule has 0 radical (unpaired) electrons. The fourth-order valence-electron chi connectivity index (χ4n) is 4.23. The van der Waals surface area contributed by atoms with E-state index in [9.17, 15) is 14.9 Å². The molecule has 2 aromatic rings. The van der Waals surface area contributed by atoms with E-state index in [1.165, 1.54) is 12.1 Å². The summed E-state index contributed by atoms with van der Waals surface area (Å²) in [4.78, 5) is 25.9. The first-order valence-electron chi connectivity index (χ1n) is 11.3. The van der Waals surface area contributed by atoms with E-state index in [1.54, 1.807) is 13.2 Å². The first-order chi connectivity index (χ1) is 16.0. The summed E-state index contributed by atoms with van der Waals surface area (Å²) in [6.45, 7) is 3.17. The number of rotatable bonds is 9. The number of nitro groups is 1. The molecule has 0 bridgehead atoms. The van der Waals surface area contributed by atoms with Gasteiger partial charge in [0.05, 0.1) is 29.4 Å². The van der Waals surface area contributed by atoms with Crippen molar-refractivity contribution >= 4 is 17.3 Å². The smallest absolute Gasteiger partial charge is 0.270 e. The number of nitrogens with zero attached hydrogens (tertiary/aromatic N) is 2. The minimum Gasteiger partial charge on any atom is -0.493 e. The Morgan fingerprint density at radius 2 is 2.00 bits per heavy atom. The fourth-order valence-corrected chi connectivity index (χ4v) is 4.23. The predicted octanol–water partition coefficient (Wildman–Crippen LogP) is 3.69. The van der Waals surface area contributed by atoms with Gasteiger partial charge in [-0.05, 0) is 49.4 Å². The molecule has 1 amide bonds. The number of nitro benzene ring substituents is 1. The van der Waals surface area contributed by atoms with Crippen LogP contribution in [-0.4, -0.2) is 50.3 Å². The molecule has 176 valence electrons. The minimum absolute atomic E-state index is 0.0995. The summed E-state index contributed by atoms with van der Waals surface area (Å²) >= 11 is 0. The second-order valence-electron chi connectivity index (χ2n) is 8.27. The summed E-state index contributed by atoms with van der Waals surface area (Å²) in [5.74, 6) is 0.851. The molecule has 1 unspecified atom stereocenters. The number of nitrogens with one attached hydrogen (secondary N) is 1. The maximum absolute atomic E-state index is 13.0. The van der Waals surface area contributed by atoms with Crippen molar-refractivity contribution in [1.82, 2.24) is 5.32 Å². The highest BCUT2D eigenvalue weighted by Gasteiger charge is 2.23. The van der Waals surface area contributed by atoms with E-state index in [-0.39, 0.29) is 24.2 Å². The first kappa shape index (κ1) is 22.8. The highest BCUT2D eigenvalue weighted by Crippen LogP contribution is 2.30. The maximum Gasteiger partial charge on any atom is 0.270 e. The number of ether oxygens (including phenoxy) is 3. The molecule has 1 atom stereocenters. The molecule has 4 rings (SSSR count). The van der Waals surface area contributed by atoms with Crippen LogP contribution in [0.2, 0.25) is 0 Å². The summed E-state index contributed by atoms with van der Waals surface area (Å²) in [6, 6.07) is 9.97. The summed E-state index contributed by atoms with van der Waals surface area (Å²) in [5, 5.41) is 14.1. The number of carbonyl (C=O) groups excluding carboxylic acids is 1. The van der Waals surface area contributed by atoms with Gasteiger partial charge in [-0.15, -0.1) is 0 Å². The molecule has 0 spiro atoms. The van der Waals surface area contributed by atoms with Gasteiger partial charge in [-0.2, -0.15) is 0 Å². The Bertz CT molecular complexity index is 1000. The van der Waals surface area contributed by atoms with Crippen LogP contribution >= 0.6 is 0 Å². The number of non-ortho nitro benzene ring substituents is 1. The maximum atomic E-state index is 13.0. The fraction of sp³-hybridized carbons (Fsp3) is 0.458. The van der Waals surface area contributed by atoms with Crippen molar-refractivity contribution in [2.75, 3.05) is 38.3 Å². The Hall–Kier alpha value is -3.33. The minimum atomic E-state index is -0.481. The third kappa shape index (κ3) is 5.54. The lowest BCUT2D eigenvalue weighted by atomic mass is 10.1. The third-order valence-corrected chi connectivity index (χ3v) is 6.01. The van der Waals surface area contributed by atoms with Crippen molar-refractivity contribution < 1.29 is 23.9 Å². The Kier molecular flexibility index (Phi) is 7.29. The largest absolute Gasteiger partial charge is 0.493 e. The molecule has 2 saturated heterocycles. The topological polar surface area (TPSA) is 103 Å². The molecule has 2 aromatic carbocycles. The van der Waals surface area contributed by atoms with Crippen LogP contribution in [0.5, 0.6) is 11.5 Å². The van der Waals surface area contributed by atoms with Gasteiger partial charge in [0.25, 0.3) is 11.6 Å². The number of carbonyl (C=O) groups is 1. The number of amides is 1. The van der Waals surface area contributed by atoms with Crippen LogP contribution in [0.1, 0.15) is 41.6 Å². The van der Waals surface area contributed by atoms with Crippen molar-refractivity contribution in [3.05, 3.63) is 57.6 Å². The third-order valence-electron chi connectivity index (χ3n) is 6.01. The average molecular weight is 456 g/mol. The van der Waals surface area contributed by atoms with Gasteiger partial charge in [0, 0.05) is 38.4 Å². The number of benzene rings is 2. The Morgan fingerprint density at radius 3 is 2.70 bits per heavy atom. The molecule has 1 N–H and O–H groups in total. The zero-order valence-electron chi connectivity index (χ0n) is 18.7. The standard InChI is InChI=1S/C24H29N3O6/c1-31-23-13-17(6-9-22(23)33-16-19-5-4-12-32-19)15-25-24(28)20-14-18(27(29)30)7-8-21(20)26-10-2-3-11-26/h6-9,13-14,19H,2-5,10-12,15-16H2,1H3,(H,25,28). The molecule has 9 nitrogen and oxygen atoms in total. The molecule has 33 heavy (non-hydrogen) atoms. The number of hydrogen-bond donors (Lipinski definition) is 1. The van der Waals surface area contributed by atoms with Crippen LogP contribution in [0, 0.1) is 10.1 Å². The predicted molar refractivity (Wildman–Crippen MR) is 123 cm³/mol. The van der Waals surface area contributed by atoms with Crippen molar-refractivity contribution in [2.45, 2.75) is 38.3 Å². The van der Waals surface area contributed by atoms with Gasteiger partial charge in [0.2, 0.25) is 0 Å². The lowest BCUT2D eigenvalue weighted by Crippen LogP contribution is -2.27. The zero-order chi connectivity index (χ0) is 23.2. The summed E-state index contributed by atoms with van der Waals surface area (Å²) < 4.78 is 16.9. The van der Waals surface area contributed by atoms with Gasteiger partial charge in [-0.1, -0.05) is 6.07 Å². The Labute approximate surface area is 192 Å².